The van der Waals surface area contributed by atoms with Crippen LogP contribution in [0.25, 0.3) is 10.9 Å². The largest absolute Gasteiger partial charge is 0.397 e. The van der Waals surface area contributed by atoms with Crippen LogP contribution in [0, 0.1) is 0 Å². The minimum Gasteiger partial charge on any atom is -0.397 e. The summed E-state index contributed by atoms with van der Waals surface area (Å²) < 4.78 is 0. The number of hydrogen-bond donors (Lipinski definition) is 2. The van der Waals surface area contributed by atoms with E-state index in [0.29, 0.717) is 12.1 Å². The number of nitrogens with one attached hydrogen (secondary N) is 1. The SMILES string of the molecule is CN1CCC(NC(=O)Cc2ccc3cccc(N)c3n2)CC1. The Morgan fingerprint density at radius 1 is 1.32 bits per heavy atom. The maximum atomic E-state index is 12.2. The van der Waals surface area contributed by atoms with E-state index < -0.39 is 0 Å². The fourth-order valence-corrected chi connectivity index (χ4v) is 2.91. The van der Waals surface area contributed by atoms with Crippen LogP contribution in [0.5, 0.6) is 0 Å². The summed E-state index contributed by atoms with van der Waals surface area (Å²) in [6.07, 6.45) is 2.33. The number of rotatable bonds is 3. The Kier molecular flexibility index (Phi) is 4.24. The predicted molar refractivity (Wildman–Crippen MR) is 88.5 cm³/mol. The van der Waals surface area contributed by atoms with Gasteiger partial charge in [0.15, 0.2) is 0 Å². The Balaban J connectivity index is 1.65. The van der Waals surface area contributed by atoms with Crippen LogP contribution in [0.1, 0.15) is 18.5 Å². The Morgan fingerprint density at radius 3 is 2.86 bits per heavy atom. The minimum atomic E-state index is 0.0379. The number of anilines is 1. The summed E-state index contributed by atoms with van der Waals surface area (Å²) in [5.74, 6) is 0.0379. The van der Waals surface area contributed by atoms with E-state index in [9.17, 15) is 4.79 Å². The molecule has 1 saturated heterocycles. The van der Waals surface area contributed by atoms with Crippen molar-refractivity contribution in [3.8, 4) is 0 Å². The molecule has 0 saturated carbocycles. The summed E-state index contributed by atoms with van der Waals surface area (Å²) in [6.45, 7) is 2.07. The normalized spacial score (nSPS) is 16.8. The van der Waals surface area contributed by atoms with E-state index in [1.54, 1.807) is 0 Å². The number of carbonyl (C=O) groups is 1. The first-order chi connectivity index (χ1) is 10.6. The molecule has 3 rings (SSSR count). The molecular formula is C17H22N4O. The first kappa shape index (κ1) is 14.8. The number of amides is 1. The maximum Gasteiger partial charge on any atom is 0.226 e. The van der Waals surface area contributed by atoms with Crippen molar-refractivity contribution in [3.63, 3.8) is 0 Å². The van der Waals surface area contributed by atoms with Gasteiger partial charge in [-0.05, 0) is 45.1 Å². The summed E-state index contributed by atoms with van der Waals surface area (Å²) in [5, 5.41) is 4.11. The molecule has 0 atom stereocenters. The molecule has 0 unspecified atom stereocenters. The van der Waals surface area contributed by atoms with E-state index >= 15 is 0 Å². The molecule has 0 spiro atoms. The highest BCUT2D eigenvalue weighted by Crippen LogP contribution is 2.19. The number of hydrogen-bond acceptors (Lipinski definition) is 4. The molecule has 5 nitrogen and oxygen atoms in total. The van der Waals surface area contributed by atoms with Crippen molar-refractivity contribution in [2.75, 3.05) is 25.9 Å². The number of nitrogen functional groups attached to an aromatic ring is 1. The lowest BCUT2D eigenvalue weighted by atomic mass is 10.1. The standard InChI is InChI=1S/C17H22N4O/c1-21-9-7-13(8-10-21)19-16(22)11-14-6-5-12-3-2-4-15(18)17(12)20-14/h2-6,13H,7-11,18H2,1H3,(H,19,22). The quantitative estimate of drug-likeness (QED) is 0.844. The Morgan fingerprint density at radius 2 is 2.09 bits per heavy atom. The van der Waals surface area contributed by atoms with Gasteiger partial charge < -0.3 is 16.0 Å². The van der Waals surface area contributed by atoms with Crippen molar-refractivity contribution in [3.05, 3.63) is 36.0 Å². The van der Waals surface area contributed by atoms with Gasteiger partial charge in [0, 0.05) is 11.4 Å². The van der Waals surface area contributed by atoms with E-state index in [0.717, 1.165) is 42.5 Å². The summed E-state index contributed by atoms with van der Waals surface area (Å²) >= 11 is 0. The van der Waals surface area contributed by atoms with Crippen LogP contribution < -0.4 is 11.1 Å². The molecule has 2 aromatic rings. The fraction of sp³-hybridized carbons (Fsp3) is 0.412. The molecule has 1 aromatic carbocycles. The highest BCUT2D eigenvalue weighted by atomic mass is 16.1. The second kappa shape index (κ2) is 6.32. The molecule has 1 fully saturated rings. The first-order valence-electron chi connectivity index (χ1n) is 7.74. The molecule has 5 heteroatoms. The second-order valence-electron chi connectivity index (χ2n) is 6.04. The number of likely N-dealkylation sites (tertiary alicyclic amines) is 1. The fourth-order valence-electron chi connectivity index (χ4n) is 2.91. The monoisotopic (exact) mass is 298 g/mol. The molecule has 1 aliphatic rings. The van der Waals surface area contributed by atoms with E-state index in [4.69, 9.17) is 5.73 Å². The molecule has 0 aliphatic carbocycles. The average molecular weight is 298 g/mol. The van der Waals surface area contributed by atoms with Gasteiger partial charge >= 0.3 is 0 Å². The van der Waals surface area contributed by atoms with Gasteiger partial charge in [-0.15, -0.1) is 0 Å². The predicted octanol–water partition coefficient (Wildman–Crippen LogP) is 1.57. The van der Waals surface area contributed by atoms with Gasteiger partial charge in [0.1, 0.15) is 0 Å². The van der Waals surface area contributed by atoms with Gasteiger partial charge in [-0.3, -0.25) is 9.78 Å². The van der Waals surface area contributed by atoms with Gasteiger partial charge in [-0.2, -0.15) is 0 Å². The van der Waals surface area contributed by atoms with Crippen LogP contribution in [0.4, 0.5) is 5.69 Å². The van der Waals surface area contributed by atoms with Crippen molar-refractivity contribution in [2.45, 2.75) is 25.3 Å². The van der Waals surface area contributed by atoms with Crippen molar-refractivity contribution < 1.29 is 4.79 Å². The number of benzene rings is 1. The molecule has 2 heterocycles. The number of nitrogens with two attached hydrogens (primary N) is 1. The third-order valence-electron chi connectivity index (χ3n) is 4.23. The number of pyridine rings is 1. The summed E-state index contributed by atoms with van der Waals surface area (Å²) in [7, 11) is 2.11. The van der Waals surface area contributed by atoms with Gasteiger partial charge in [0.05, 0.1) is 23.3 Å². The zero-order valence-corrected chi connectivity index (χ0v) is 12.9. The molecule has 3 N–H and O–H groups in total. The highest BCUT2D eigenvalue weighted by molar-refractivity contribution is 5.89. The van der Waals surface area contributed by atoms with E-state index in [1.807, 2.05) is 30.3 Å². The van der Waals surface area contributed by atoms with E-state index in [1.165, 1.54) is 0 Å². The molecular weight excluding hydrogens is 276 g/mol. The number of fused-ring (bicyclic) bond motifs is 1. The number of carbonyl (C=O) groups excluding carboxylic acids is 1. The first-order valence-corrected chi connectivity index (χ1v) is 7.74. The lowest BCUT2D eigenvalue weighted by Crippen LogP contribution is -2.43. The molecule has 116 valence electrons. The van der Waals surface area contributed by atoms with Crippen LogP contribution in [0.15, 0.2) is 30.3 Å². The third kappa shape index (κ3) is 3.36. The summed E-state index contributed by atoms with van der Waals surface area (Å²) in [4.78, 5) is 19.0. The second-order valence-corrected chi connectivity index (χ2v) is 6.04. The summed E-state index contributed by atoms with van der Waals surface area (Å²) in [6, 6.07) is 9.87. The molecule has 22 heavy (non-hydrogen) atoms. The van der Waals surface area contributed by atoms with Crippen LogP contribution in [0.3, 0.4) is 0 Å². The van der Waals surface area contributed by atoms with Crippen molar-refractivity contribution in [1.29, 1.82) is 0 Å². The van der Waals surface area contributed by atoms with Crippen molar-refractivity contribution in [2.24, 2.45) is 0 Å². The van der Waals surface area contributed by atoms with Gasteiger partial charge in [-0.25, -0.2) is 0 Å². The average Bonchev–Trinajstić information content (AvgIpc) is 2.50. The molecule has 1 aliphatic heterocycles. The minimum absolute atomic E-state index is 0.0379. The molecule has 0 bridgehead atoms. The van der Waals surface area contributed by atoms with Gasteiger partial charge in [-0.1, -0.05) is 18.2 Å². The van der Waals surface area contributed by atoms with Crippen LogP contribution in [-0.2, 0) is 11.2 Å². The third-order valence-corrected chi connectivity index (χ3v) is 4.23. The van der Waals surface area contributed by atoms with Crippen molar-refractivity contribution in [1.82, 2.24) is 15.2 Å². The molecule has 1 aromatic heterocycles. The lowest BCUT2D eigenvalue weighted by Gasteiger charge is -2.29. The topological polar surface area (TPSA) is 71.2 Å². The van der Waals surface area contributed by atoms with Gasteiger partial charge in [0.25, 0.3) is 0 Å². The molecule has 1 amide bonds. The van der Waals surface area contributed by atoms with Gasteiger partial charge in [0.2, 0.25) is 5.91 Å². The van der Waals surface area contributed by atoms with Crippen LogP contribution in [0.2, 0.25) is 0 Å². The maximum absolute atomic E-state index is 12.2. The lowest BCUT2D eigenvalue weighted by molar-refractivity contribution is -0.121. The number of aromatic nitrogens is 1. The number of nitrogens with zero attached hydrogens (tertiary/aromatic N) is 2. The highest BCUT2D eigenvalue weighted by Gasteiger charge is 2.18. The number of para-hydroxylation sites is 1. The Hall–Kier alpha value is -2.14. The Bertz CT molecular complexity index is 677. The number of piperidine rings is 1. The zero-order valence-electron chi connectivity index (χ0n) is 12.9. The Labute approximate surface area is 130 Å². The van der Waals surface area contributed by atoms with Crippen LogP contribution >= 0.6 is 0 Å². The summed E-state index contributed by atoms with van der Waals surface area (Å²) in [5.41, 5.74) is 8.13. The van der Waals surface area contributed by atoms with E-state index in [-0.39, 0.29) is 11.9 Å². The molecule has 0 radical (unpaired) electrons. The van der Waals surface area contributed by atoms with E-state index in [2.05, 4.69) is 22.2 Å². The van der Waals surface area contributed by atoms with Crippen LogP contribution in [-0.4, -0.2) is 42.0 Å². The van der Waals surface area contributed by atoms with Crippen molar-refractivity contribution >= 4 is 22.5 Å². The zero-order chi connectivity index (χ0) is 15.5. The smallest absolute Gasteiger partial charge is 0.226 e.